The molecule has 2 heterocycles. The highest BCUT2D eigenvalue weighted by atomic mass is 79.9. The molecule has 1 N–H and O–H groups in total. The molecule has 1 amide bonds. The third-order valence-electron chi connectivity index (χ3n) is 5.28. The highest BCUT2D eigenvalue weighted by molar-refractivity contribution is 9.10. The number of rotatable bonds is 6. The number of amides is 1. The Hall–Kier alpha value is -2.32. The van der Waals surface area contributed by atoms with Gasteiger partial charge in [-0.2, -0.15) is 4.37 Å². The molecule has 0 saturated carbocycles. The predicted octanol–water partition coefficient (Wildman–Crippen LogP) is 4.68. The van der Waals surface area contributed by atoms with Gasteiger partial charge in [-0.05, 0) is 60.7 Å². The van der Waals surface area contributed by atoms with Gasteiger partial charge >= 0.3 is 0 Å². The van der Waals surface area contributed by atoms with Gasteiger partial charge in [0.25, 0.3) is 5.91 Å². The number of carbonyl (C=O) groups is 1. The van der Waals surface area contributed by atoms with Crippen LogP contribution < -0.4 is 10.2 Å². The molecule has 5 nitrogen and oxygen atoms in total. The fourth-order valence-corrected chi connectivity index (χ4v) is 4.50. The van der Waals surface area contributed by atoms with Crippen molar-refractivity contribution in [1.82, 2.24) is 14.7 Å². The summed E-state index contributed by atoms with van der Waals surface area (Å²) in [6.07, 6.45) is 2.62. The zero-order valence-electron chi connectivity index (χ0n) is 16.4. The summed E-state index contributed by atoms with van der Waals surface area (Å²) in [4.78, 5) is 19.2. The van der Waals surface area contributed by atoms with E-state index < -0.39 is 0 Å². The lowest BCUT2D eigenvalue weighted by atomic mass is 9.97. The molecule has 1 aliphatic heterocycles. The van der Waals surface area contributed by atoms with E-state index in [4.69, 9.17) is 0 Å². The highest BCUT2D eigenvalue weighted by Gasteiger charge is 2.22. The van der Waals surface area contributed by atoms with Crippen molar-refractivity contribution in [2.24, 2.45) is 5.92 Å². The molecule has 156 valence electrons. The van der Waals surface area contributed by atoms with Crippen LogP contribution in [-0.4, -0.2) is 34.9 Å². The largest absolute Gasteiger partial charge is 0.352 e. The number of aromatic nitrogens is 2. The fourth-order valence-electron chi connectivity index (χ4n) is 3.50. The minimum Gasteiger partial charge on any atom is -0.352 e. The van der Waals surface area contributed by atoms with Gasteiger partial charge in [-0.25, -0.2) is 9.37 Å². The topological polar surface area (TPSA) is 58.1 Å². The maximum atomic E-state index is 13.0. The number of nitrogens with zero attached hydrogens (tertiary/aromatic N) is 3. The highest BCUT2D eigenvalue weighted by Crippen LogP contribution is 2.25. The van der Waals surface area contributed by atoms with Gasteiger partial charge in [-0.3, -0.25) is 4.79 Å². The Morgan fingerprint density at radius 3 is 2.53 bits per heavy atom. The van der Waals surface area contributed by atoms with Gasteiger partial charge in [0.05, 0.1) is 0 Å². The molecule has 0 bridgehead atoms. The first-order valence-corrected chi connectivity index (χ1v) is 11.5. The Kier molecular flexibility index (Phi) is 6.74. The quantitative estimate of drug-likeness (QED) is 0.547. The number of hydrogen-bond acceptors (Lipinski definition) is 5. The number of carbonyl (C=O) groups excluding carboxylic acids is 1. The van der Waals surface area contributed by atoms with Crippen LogP contribution in [0.5, 0.6) is 0 Å². The van der Waals surface area contributed by atoms with Crippen molar-refractivity contribution in [2.75, 3.05) is 24.5 Å². The van der Waals surface area contributed by atoms with Gasteiger partial charge < -0.3 is 10.2 Å². The number of halogens is 2. The van der Waals surface area contributed by atoms with Gasteiger partial charge in [0.1, 0.15) is 11.6 Å². The summed E-state index contributed by atoms with van der Waals surface area (Å²) in [6, 6.07) is 13.8. The van der Waals surface area contributed by atoms with Crippen LogP contribution in [0.1, 0.15) is 34.6 Å². The minimum atomic E-state index is -0.235. The molecule has 0 atom stereocenters. The summed E-state index contributed by atoms with van der Waals surface area (Å²) < 4.78 is 18.5. The van der Waals surface area contributed by atoms with Crippen molar-refractivity contribution in [1.29, 1.82) is 0 Å². The molecule has 0 aliphatic carbocycles. The number of piperidine rings is 1. The van der Waals surface area contributed by atoms with Crippen molar-refractivity contribution < 1.29 is 9.18 Å². The van der Waals surface area contributed by atoms with E-state index in [1.807, 2.05) is 24.3 Å². The maximum absolute atomic E-state index is 13.0. The molecule has 1 saturated heterocycles. The monoisotopic (exact) mass is 488 g/mol. The summed E-state index contributed by atoms with van der Waals surface area (Å²) >= 11 is 4.80. The number of anilines is 1. The Bertz CT molecular complexity index is 985. The molecular formula is C22H22BrFN4OS. The summed E-state index contributed by atoms with van der Waals surface area (Å²) in [5, 5.41) is 3.99. The average molecular weight is 489 g/mol. The molecule has 1 aromatic heterocycles. The van der Waals surface area contributed by atoms with E-state index in [2.05, 4.69) is 35.5 Å². The van der Waals surface area contributed by atoms with Crippen molar-refractivity contribution in [3.05, 3.63) is 75.8 Å². The van der Waals surface area contributed by atoms with Gasteiger partial charge in [0.15, 0.2) is 0 Å². The second kappa shape index (κ2) is 9.66. The summed E-state index contributed by atoms with van der Waals surface area (Å²) in [5.41, 5.74) is 1.68. The smallest absolute Gasteiger partial charge is 0.251 e. The van der Waals surface area contributed by atoms with Crippen molar-refractivity contribution >= 4 is 38.5 Å². The first kappa shape index (κ1) is 20.9. The minimum absolute atomic E-state index is 0.0283. The summed E-state index contributed by atoms with van der Waals surface area (Å²) in [5.74, 6) is 0.971. The van der Waals surface area contributed by atoms with Crippen LogP contribution in [0.15, 0.2) is 53.0 Å². The van der Waals surface area contributed by atoms with Gasteiger partial charge in [0.2, 0.25) is 5.13 Å². The molecule has 0 unspecified atom stereocenters. The molecule has 3 aromatic rings. The fraction of sp³-hybridized carbons (Fsp3) is 0.318. The lowest BCUT2D eigenvalue weighted by Gasteiger charge is -2.31. The van der Waals surface area contributed by atoms with E-state index in [1.54, 1.807) is 12.1 Å². The Morgan fingerprint density at radius 1 is 1.13 bits per heavy atom. The Balaban J connectivity index is 1.24. The van der Waals surface area contributed by atoms with E-state index in [1.165, 1.54) is 23.7 Å². The number of hydrogen-bond donors (Lipinski definition) is 1. The van der Waals surface area contributed by atoms with Crippen LogP contribution in [-0.2, 0) is 6.42 Å². The SMILES string of the molecule is O=C(NCC1CCN(c2nc(Cc3ccc(F)cc3)ns2)CC1)c1ccc(Br)cc1. The average Bonchev–Trinajstić information content (AvgIpc) is 3.23. The molecule has 1 fully saturated rings. The van der Waals surface area contributed by atoms with Crippen LogP contribution in [0.4, 0.5) is 9.52 Å². The Morgan fingerprint density at radius 2 is 1.83 bits per heavy atom. The summed E-state index contributed by atoms with van der Waals surface area (Å²) in [7, 11) is 0. The van der Waals surface area contributed by atoms with E-state index in [9.17, 15) is 9.18 Å². The zero-order valence-corrected chi connectivity index (χ0v) is 18.8. The lowest BCUT2D eigenvalue weighted by molar-refractivity contribution is 0.0945. The van der Waals surface area contributed by atoms with E-state index in [-0.39, 0.29) is 11.7 Å². The van der Waals surface area contributed by atoms with Crippen LogP contribution in [0.3, 0.4) is 0 Å². The van der Waals surface area contributed by atoms with Crippen molar-refractivity contribution in [3.8, 4) is 0 Å². The van der Waals surface area contributed by atoms with E-state index >= 15 is 0 Å². The van der Waals surface area contributed by atoms with Crippen LogP contribution >= 0.6 is 27.5 Å². The third-order valence-corrected chi connectivity index (χ3v) is 6.62. The summed E-state index contributed by atoms with van der Waals surface area (Å²) in [6.45, 7) is 2.50. The van der Waals surface area contributed by atoms with E-state index in [0.29, 0.717) is 24.4 Å². The normalized spacial score (nSPS) is 14.7. The molecule has 8 heteroatoms. The molecule has 0 spiro atoms. The second-order valence-electron chi connectivity index (χ2n) is 7.44. The van der Waals surface area contributed by atoms with Gasteiger partial charge in [-0.15, -0.1) is 0 Å². The van der Waals surface area contributed by atoms with Gasteiger partial charge in [-0.1, -0.05) is 28.1 Å². The maximum Gasteiger partial charge on any atom is 0.251 e. The first-order chi connectivity index (χ1) is 14.6. The second-order valence-corrected chi connectivity index (χ2v) is 9.09. The molecule has 30 heavy (non-hydrogen) atoms. The predicted molar refractivity (Wildman–Crippen MR) is 121 cm³/mol. The zero-order chi connectivity index (χ0) is 20.9. The van der Waals surface area contributed by atoms with E-state index in [0.717, 1.165) is 46.9 Å². The molecule has 4 rings (SSSR count). The van der Waals surface area contributed by atoms with Crippen LogP contribution in [0.2, 0.25) is 0 Å². The first-order valence-electron chi connectivity index (χ1n) is 9.92. The molecule has 0 radical (unpaired) electrons. The molecular weight excluding hydrogens is 467 g/mol. The number of benzene rings is 2. The molecule has 1 aliphatic rings. The van der Waals surface area contributed by atoms with Crippen LogP contribution in [0.25, 0.3) is 0 Å². The van der Waals surface area contributed by atoms with Gasteiger partial charge in [0, 0.05) is 47.6 Å². The molecule has 2 aromatic carbocycles. The standard InChI is InChI=1S/C22H22BrFN4OS/c23-18-5-3-17(4-6-18)21(29)25-14-16-9-11-28(12-10-16)22-26-20(27-30-22)13-15-1-7-19(24)8-2-15/h1-8,16H,9-14H2,(H,25,29). The lowest BCUT2D eigenvalue weighted by Crippen LogP contribution is -2.38. The van der Waals surface area contributed by atoms with Crippen molar-refractivity contribution in [2.45, 2.75) is 19.3 Å². The Labute approximate surface area is 187 Å². The van der Waals surface area contributed by atoms with Crippen molar-refractivity contribution in [3.63, 3.8) is 0 Å². The van der Waals surface area contributed by atoms with Crippen LogP contribution in [0, 0.1) is 11.7 Å². The third kappa shape index (κ3) is 5.43. The number of nitrogens with one attached hydrogen (secondary N) is 1.